The number of halogens is 3. The van der Waals surface area contributed by atoms with Crippen LogP contribution in [0.25, 0.3) is 0 Å². The van der Waals surface area contributed by atoms with E-state index in [4.69, 9.17) is 0 Å². The maximum atomic E-state index is 13.5. The van der Waals surface area contributed by atoms with E-state index in [1.54, 1.807) is 0 Å². The molecule has 0 saturated carbocycles. The highest BCUT2D eigenvalue weighted by atomic mass is 19.2. The van der Waals surface area contributed by atoms with Crippen LogP contribution in [0.2, 0.25) is 0 Å². The minimum absolute atomic E-state index is 0.0826. The van der Waals surface area contributed by atoms with Crippen molar-refractivity contribution in [1.29, 1.82) is 0 Å². The summed E-state index contributed by atoms with van der Waals surface area (Å²) in [5.74, 6) is -2.99. The quantitative estimate of drug-likeness (QED) is 0.857. The van der Waals surface area contributed by atoms with Crippen LogP contribution in [0.3, 0.4) is 0 Å². The maximum Gasteiger partial charge on any atom is 0.161 e. The maximum absolute atomic E-state index is 13.5. The van der Waals surface area contributed by atoms with E-state index in [0.717, 1.165) is 17.4 Å². The van der Waals surface area contributed by atoms with Gasteiger partial charge in [-0.2, -0.15) is 0 Å². The molecular weight excluding hydrogens is 265 g/mol. The fourth-order valence-electron chi connectivity index (χ4n) is 1.79. The average molecular weight is 280 g/mol. The standard InChI is InChI=1S/C15H15F3N2/c1-20(2)12-5-3-4-11(7-12)19-9-10-6-14(17)15(18)8-13(10)16/h3-8,19H,9H2,1-2H3. The molecule has 0 aliphatic carbocycles. The highest BCUT2D eigenvalue weighted by Crippen LogP contribution is 2.19. The summed E-state index contributed by atoms with van der Waals surface area (Å²) in [7, 11) is 3.82. The molecule has 5 heteroatoms. The topological polar surface area (TPSA) is 15.3 Å². The molecule has 0 saturated heterocycles. The lowest BCUT2D eigenvalue weighted by atomic mass is 10.2. The molecule has 2 nitrogen and oxygen atoms in total. The van der Waals surface area contributed by atoms with Gasteiger partial charge in [-0.25, -0.2) is 13.2 Å². The molecule has 106 valence electrons. The Hall–Kier alpha value is -2.17. The van der Waals surface area contributed by atoms with E-state index in [0.29, 0.717) is 6.07 Å². The van der Waals surface area contributed by atoms with Gasteiger partial charge in [-0.3, -0.25) is 0 Å². The van der Waals surface area contributed by atoms with Gasteiger partial charge >= 0.3 is 0 Å². The van der Waals surface area contributed by atoms with Gasteiger partial charge in [0.2, 0.25) is 0 Å². The average Bonchev–Trinajstić information content (AvgIpc) is 2.41. The van der Waals surface area contributed by atoms with Crippen molar-refractivity contribution in [1.82, 2.24) is 0 Å². The van der Waals surface area contributed by atoms with Crippen LogP contribution < -0.4 is 10.2 Å². The Morgan fingerprint density at radius 1 is 0.950 bits per heavy atom. The minimum atomic E-state index is -1.18. The Bertz CT molecular complexity index is 612. The van der Waals surface area contributed by atoms with Crippen LogP contribution in [0.15, 0.2) is 36.4 Å². The molecule has 2 aromatic carbocycles. The molecule has 0 aromatic heterocycles. The first-order chi connectivity index (χ1) is 9.47. The molecule has 0 fully saturated rings. The number of benzene rings is 2. The van der Waals surface area contributed by atoms with Crippen LogP contribution in [0.1, 0.15) is 5.56 Å². The number of nitrogens with zero attached hydrogens (tertiary/aromatic N) is 1. The third-order valence-electron chi connectivity index (χ3n) is 2.93. The summed E-state index contributed by atoms with van der Waals surface area (Å²) in [6.07, 6.45) is 0. The Kier molecular flexibility index (Phi) is 4.17. The molecule has 2 aromatic rings. The largest absolute Gasteiger partial charge is 0.381 e. The van der Waals surface area contributed by atoms with Gasteiger partial charge in [0.1, 0.15) is 5.82 Å². The van der Waals surface area contributed by atoms with E-state index in [9.17, 15) is 13.2 Å². The van der Waals surface area contributed by atoms with Crippen LogP contribution in [0.4, 0.5) is 24.5 Å². The third kappa shape index (κ3) is 3.23. The first kappa shape index (κ1) is 14.2. The Labute approximate surface area is 115 Å². The van der Waals surface area contributed by atoms with Crippen LogP contribution in [-0.2, 0) is 6.54 Å². The normalized spacial score (nSPS) is 10.4. The van der Waals surface area contributed by atoms with Gasteiger partial charge in [0, 0.05) is 43.6 Å². The van der Waals surface area contributed by atoms with E-state index in [1.165, 1.54) is 0 Å². The van der Waals surface area contributed by atoms with Crippen molar-refractivity contribution < 1.29 is 13.2 Å². The summed E-state index contributed by atoms with van der Waals surface area (Å²) >= 11 is 0. The van der Waals surface area contributed by atoms with Crippen LogP contribution >= 0.6 is 0 Å². The Morgan fingerprint density at radius 2 is 1.65 bits per heavy atom. The fraction of sp³-hybridized carbons (Fsp3) is 0.200. The summed E-state index contributed by atoms with van der Waals surface area (Å²) in [5, 5.41) is 2.99. The molecule has 0 unspecified atom stereocenters. The third-order valence-corrected chi connectivity index (χ3v) is 2.93. The zero-order chi connectivity index (χ0) is 14.7. The molecule has 0 atom stereocenters. The summed E-state index contributed by atoms with van der Waals surface area (Å²) in [5.41, 5.74) is 1.85. The minimum Gasteiger partial charge on any atom is -0.381 e. The second-order valence-electron chi connectivity index (χ2n) is 4.66. The van der Waals surface area contributed by atoms with Crippen molar-refractivity contribution in [3.8, 4) is 0 Å². The summed E-state index contributed by atoms with van der Waals surface area (Å²) in [6, 6.07) is 8.93. The molecule has 0 heterocycles. The van der Waals surface area contributed by atoms with Gasteiger partial charge in [-0.1, -0.05) is 6.07 Å². The van der Waals surface area contributed by atoms with Gasteiger partial charge in [-0.05, 0) is 24.3 Å². The second-order valence-corrected chi connectivity index (χ2v) is 4.66. The number of rotatable bonds is 4. The van der Waals surface area contributed by atoms with Gasteiger partial charge < -0.3 is 10.2 Å². The fourth-order valence-corrected chi connectivity index (χ4v) is 1.79. The number of nitrogens with one attached hydrogen (secondary N) is 1. The van der Waals surface area contributed by atoms with Gasteiger partial charge in [0.15, 0.2) is 11.6 Å². The van der Waals surface area contributed by atoms with Crippen molar-refractivity contribution in [2.24, 2.45) is 0 Å². The van der Waals surface area contributed by atoms with E-state index in [2.05, 4.69) is 5.32 Å². The monoisotopic (exact) mass is 280 g/mol. The molecular formula is C15H15F3N2. The van der Waals surface area contributed by atoms with Crippen LogP contribution in [0, 0.1) is 17.5 Å². The molecule has 0 aliphatic heterocycles. The van der Waals surface area contributed by atoms with E-state index >= 15 is 0 Å². The number of hydrogen-bond acceptors (Lipinski definition) is 2. The van der Waals surface area contributed by atoms with Crippen molar-refractivity contribution in [2.75, 3.05) is 24.3 Å². The van der Waals surface area contributed by atoms with Gasteiger partial charge in [0.05, 0.1) is 0 Å². The molecule has 0 aliphatic rings. The zero-order valence-corrected chi connectivity index (χ0v) is 11.3. The van der Waals surface area contributed by atoms with Crippen LogP contribution in [0.5, 0.6) is 0 Å². The van der Waals surface area contributed by atoms with Crippen molar-refractivity contribution >= 4 is 11.4 Å². The first-order valence-electron chi connectivity index (χ1n) is 6.12. The van der Waals surface area contributed by atoms with Gasteiger partial charge in [-0.15, -0.1) is 0 Å². The lowest BCUT2D eigenvalue weighted by Gasteiger charge is -2.14. The summed E-state index contributed by atoms with van der Waals surface area (Å²) in [4.78, 5) is 1.93. The molecule has 0 amide bonds. The highest BCUT2D eigenvalue weighted by molar-refractivity contribution is 5.57. The Balaban J connectivity index is 2.13. The van der Waals surface area contributed by atoms with Crippen molar-refractivity contribution in [3.05, 3.63) is 59.4 Å². The predicted octanol–water partition coefficient (Wildman–Crippen LogP) is 3.78. The SMILES string of the molecule is CN(C)c1cccc(NCc2cc(F)c(F)cc2F)c1. The summed E-state index contributed by atoms with van der Waals surface area (Å²) in [6.45, 7) is 0.0832. The second kappa shape index (κ2) is 5.86. The Morgan fingerprint density at radius 3 is 2.35 bits per heavy atom. The molecule has 2 rings (SSSR count). The van der Waals surface area contributed by atoms with E-state index in [1.807, 2.05) is 43.3 Å². The number of hydrogen-bond donors (Lipinski definition) is 1. The summed E-state index contributed by atoms with van der Waals surface area (Å²) < 4.78 is 39.4. The first-order valence-corrected chi connectivity index (χ1v) is 6.12. The lowest BCUT2D eigenvalue weighted by Crippen LogP contribution is -2.09. The zero-order valence-electron chi connectivity index (χ0n) is 11.3. The van der Waals surface area contributed by atoms with Crippen molar-refractivity contribution in [2.45, 2.75) is 6.54 Å². The van der Waals surface area contributed by atoms with Crippen molar-refractivity contribution in [3.63, 3.8) is 0 Å². The molecule has 20 heavy (non-hydrogen) atoms. The van der Waals surface area contributed by atoms with E-state index < -0.39 is 17.5 Å². The molecule has 0 radical (unpaired) electrons. The van der Waals surface area contributed by atoms with Gasteiger partial charge in [0.25, 0.3) is 0 Å². The molecule has 0 spiro atoms. The lowest BCUT2D eigenvalue weighted by molar-refractivity contribution is 0.490. The number of anilines is 2. The molecule has 1 N–H and O–H groups in total. The van der Waals surface area contributed by atoms with E-state index in [-0.39, 0.29) is 12.1 Å². The predicted molar refractivity (Wildman–Crippen MR) is 74.4 cm³/mol. The smallest absolute Gasteiger partial charge is 0.161 e. The highest BCUT2D eigenvalue weighted by Gasteiger charge is 2.09. The molecule has 0 bridgehead atoms. The van der Waals surface area contributed by atoms with Crippen LogP contribution in [-0.4, -0.2) is 14.1 Å².